The fourth-order valence-electron chi connectivity index (χ4n) is 1.91. The lowest BCUT2D eigenvalue weighted by Gasteiger charge is -2.17. The first kappa shape index (κ1) is 13.7. The van der Waals surface area contributed by atoms with E-state index in [1.165, 1.54) is 7.11 Å². The lowest BCUT2D eigenvalue weighted by Crippen LogP contribution is -2.38. The van der Waals surface area contributed by atoms with E-state index in [1.807, 2.05) is 4.98 Å². The van der Waals surface area contributed by atoms with Crippen molar-refractivity contribution in [1.82, 2.24) is 9.55 Å². The van der Waals surface area contributed by atoms with Crippen LogP contribution in [0.3, 0.4) is 0 Å². The minimum atomic E-state index is -1.41. The second-order valence-electron chi connectivity index (χ2n) is 4.09. The number of H-pyrrole nitrogens is 1. The predicted molar refractivity (Wildman–Crippen MR) is 60.9 cm³/mol. The smallest absolute Gasteiger partial charge is 0.330 e. The molecule has 1 fully saturated rings. The maximum absolute atomic E-state index is 11.7. The van der Waals surface area contributed by atoms with Crippen LogP contribution in [0.25, 0.3) is 0 Å². The number of aromatic amines is 1. The Labute approximate surface area is 106 Å². The highest BCUT2D eigenvalue weighted by molar-refractivity contribution is 5.12. The summed E-state index contributed by atoms with van der Waals surface area (Å²) < 4.78 is 10.8. The summed E-state index contributed by atoms with van der Waals surface area (Å²) in [5.74, 6) is -0.141. The van der Waals surface area contributed by atoms with Crippen molar-refractivity contribution in [2.45, 2.75) is 24.5 Å². The van der Waals surface area contributed by atoms with Gasteiger partial charge in [-0.05, 0) is 0 Å². The van der Waals surface area contributed by atoms with Gasteiger partial charge in [-0.2, -0.15) is 0 Å². The molecule has 1 aliphatic heterocycles. The van der Waals surface area contributed by atoms with Crippen LogP contribution in [-0.4, -0.2) is 56.9 Å². The molecule has 0 saturated carbocycles. The quantitative estimate of drug-likeness (QED) is 0.466. The largest absolute Gasteiger partial charge is 0.490 e. The molecule has 1 aliphatic rings. The SMILES string of the molecule is COc1cn([C@@H]2O[C@H](CO)C(O)C2O)c(=O)[nH]c1=O. The zero-order valence-corrected chi connectivity index (χ0v) is 10.0. The molecule has 0 aliphatic carbocycles. The maximum Gasteiger partial charge on any atom is 0.330 e. The van der Waals surface area contributed by atoms with E-state index in [-0.39, 0.29) is 5.75 Å². The second-order valence-corrected chi connectivity index (χ2v) is 4.09. The zero-order chi connectivity index (χ0) is 14.2. The van der Waals surface area contributed by atoms with E-state index in [0.717, 1.165) is 10.8 Å². The number of ether oxygens (including phenoxy) is 2. The fourth-order valence-corrected chi connectivity index (χ4v) is 1.91. The van der Waals surface area contributed by atoms with Crippen molar-refractivity contribution in [2.75, 3.05) is 13.7 Å². The minimum absolute atomic E-state index is 0.141. The number of methoxy groups -OCH3 is 1. The molecule has 1 saturated heterocycles. The topological polar surface area (TPSA) is 134 Å². The van der Waals surface area contributed by atoms with Crippen LogP contribution in [0.15, 0.2) is 15.8 Å². The monoisotopic (exact) mass is 274 g/mol. The van der Waals surface area contributed by atoms with Crippen LogP contribution in [-0.2, 0) is 4.74 Å². The molecule has 0 aromatic carbocycles. The highest BCUT2D eigenvalue weighted by Gasteiger charge is 2.43. The van der Waals surface area contributed by atoms with Crippen molar-refractivity contribution >= 4 is 0 Å². The van der Waals surface area contributed by atoms with Gasteiger partial charge in [0.15, 0.2) is 6.23 Å². The highest BCUT2D eigenvalue weighted by Crippen LogP contribution is 2.28. The van der Waals surface area contributed by atoms with Gasteiger partial charge in [0.2, 0.25) is 5.75 Å². The molecule has 2 unspecified atom stereocenters. The summed E-state index contributed by atoms with van der Waals surface area (Å²) >= 11 is 0. The molecular weight excluding hydrogens is 260 g/mol. The van der Waals surface area contributed by atoms with Crippen LogP contribution in [0.2, 0.25) is 0 Å². The van der Waals surface area contributed by atoms with Crippen LogP contribution in [0.5, 0.6) is 5.75 Å². The first-order valence-electron chi connectivity index (χ1n) is 5.51. The number of aliphatic hydroxyl groups is 3. The first-order valence-corrected chi connectivity index (χ1v) is 5.51. The van der Waals surface area contributed by atoms with E-state index in [0.29, 0.717) is 0 Å². The fraction of sp³-hybridized carbons (Fsp3) is 0.600. The van der Waals surface area contributed by atoms with E-state index in [4.69, 9.17) is 14.6 Å². The van der Waals surface area contributed by atoms with Gasteiger partial charge < -0.3 is 24.8 Å². The van der Waals surface area contributed by atoms with Crippen molar-refractivity contribution in [1.29, 1.82) is 0 Å². The van der Waals surface area contributed by atoms with Gasteiger partial charge in [-0.1, -0.05) is 0 Å². The molecule has 106 valence electrons. The van der Waals surface area contributed by atoms with Gasteiger partial charge in [0.05, 0.1) is 19.9 Å². The summed E-state index contributed by atoms with van der Waals surface area (Å²) in [6, 6.07) is 0. The molecule has 1 aromatic heterocycles. The van der Waals surface area contributed by atoms with Gasteiger partial charge in [0.25, 0.3) is 5.56 Å². The molecule has 0 spiro atoms. The summed E-state index contributed by atoms with van der Waals surface area (Å²) in [5.41, 5.74) is -1.53. The zero-order valence-electron chi connectivity index (χ0n) is 10.0. The number of aliphatic hydroxyl groups excluding tert-OH is 3. The number of rotatable bonds is 3. The molecule has 4 atom stereocenters. The highest BCUT2D eigenvalue weighted by atomic mass is 16.6. The van der Waals surface area contributed by atoms with Crippen LogP contribution in [0, 0.1) is 0 Å². The van der Waals surface area contributed by atoms with E-state index in [1.54, 1.807) is 0 Å². The Morgan fingerprint density at radius 1 is 1.42 bits per heavy atom. The molecule has 19 heavy (non-hydrogen) atoms. The number of nitrogens with zero attached hydrogens (tertiary/aromatic N) is 1. The van der Waals surface area contributed by atoms with Crippen LogP contribution in [0.4, 0.5) is 0 Å². The van der Waals surface area contributed by atoms with Crippen molar-refractivity contribution < 1.29 is 24.8 Å². The van der Waals surface area contributed by atoms with Crippen molar-refractivity contribution in [3.63, 3.8) is 0 Å². The molecule has 9 nitrogen and oxygen atoms in total. The average molecular weight is 274 g/mol. The van der Waals surface area contributed by atoms with E-state index in [2.05, 4.69) is 0 Å². The van der Waals surface area contributed by atoms with Gasteiger partial charge in [0, 0.05) is 0 Å². The summed E-state index contributed by atoms with van der Waals surface area (Å²) in [7, 11) is 1.25. The Balaban J connectivity index is 2.43. The molecule has 0 bridgehead atoms. The van der Waals surface area contributed by atoms with Crippen LogP contribution in [0.1, 0.15) is 6.23 Å². The number of hydrogen-bond acceptors (Lipinski definition) is 7. The van der Waals surface area contributed by atoms with Crippen LogP contribution < -0.4 is 16.0 Å². The Hall–Kier alpha value is -1.68. The third-order valence-corrected chi connectivity index (χ3v) is 2.95. The Morgan fingerprint density at radius 3 is 2.63 bits per heavy atom. The molecule has 1 aromatic rings. The average Bonchev–Trinajstić information content (AvgIpc) is 2.67. The van der Waals surface area contributed by atoms with Gasteiger partial charge >= 0.3 is 5.69 Å². The molecule has 9 heteroatoms. The van der Waals surface area contributed by atoms with E-state index < -0.39 is 42.4 Å². The maximum atomic E-state index is 11.7. The third-order valence-electron chi connectivity index (χ3n) is 2.95. The standard InChI is InChI=1S/C10H14N2O7/c1-18-4-2-12(10(17)11-8(4)16)9-7(15)6(14)5(3-13)19-9/h2,5-7,9,13-15H,3H2,1H3,(H,11,16,17)/t5-,6?,7?,9-/m1/s1. The normalized spacial score (nSPS) is 30.5. The Bertz CT molecular complexity index is 566. The van der Waals surface area contributed by atoms with Crippen molar-refractivity contribution in [2.24, 2.45) is 0 Å². The Kier molecular flexibility index (Phi) is 3.71. The number of nitrogens with one attached hydrogen (secondary N) is 1. The minimum Gasteiger partial charge on any atom is -0.490 e. The van der Waals surface area contributed by atoms with Gasteiger partial charge in [0.1, 0.15) is 18.3 Å². The summed E-state index contributed by atoms with van der Waals surface area (Å²) in [4.78, 5) is 25.0. The molecule has 4 N–H and O–H groups in total. The predicted octanol–water partition coefficient (Wildman–Crippen LogP) is -2.84. The molecule has 0 radical (unpaired) electrons. The Morgan fingerprint density at radius 2 is 2.11 bits per heavy atom. The molecular formula is C10H14N2O7. The molecule has 0 amide bonds. The van der Waals surface area contributed by atoms with Gasteiger partial charge in [-0.3, -0.25) is 14.3 Å². The van der Waals surface area contributed by atoms with E-state index in [9.17, 15) is 19.8 Å². The molecule has 2 rings (SSSR count). The van der Waals surface area contributed by atoms with E-state index >= 15 is 0 Å². The van der Waals surface area contributed by atoms with Gasteiger partial charge in [-0.15, -0.1) is 0 Å². The summed E-state index contributed by atoms with van der Waals surface area (Å²) in [6.07, 6.45) is -3.90. The lowest BCUT2D eigenvalue weighted by molar-refractivity contribution is -0.0552. The van der Waals surface area contributed by atoms with Crippen molar-refractivity contribution in [3.05, 3.63) is 27.0 Å². The van der Waals surface area contributed by atoms with Crippen molar-refractivity contribution in [3.8, 4) is 5.75 Å². The summed E-state index contributed by atoms with van der Waals surface area (Å²) in [5, 5.41) is 28.4. The summed E-state index contributed by atoms with van der Waals surface area (Å²) in [6.45, 7) is -0.510. The van der Waals surface area contributed by atoms with Crippen LogP contribution >= 0.6 is 0 Å². The lowest BCUT2D eigenvalue weighted by atomic mass is 10.1. The number of aromatic nitrogens is 2. The molecule has 2 heterocycles. The number of hydrogen-bond donors (Lipinski definition) is 4. The second kappa shape index (κ2) is 5.13. The third kappa shape index (κ3) is 2.28. The first-order chi connectivity index (χ1) is 8.99. The van der Waals surface area contributed by atoms with Gasteiger partial charge in [-0.25, -0.2) is 4.79 Å².